The second-order valence-corrected chi connectivity index (χ2v) is 14.2. The van der Waals surface area contributed by atoms with Gasteiger partial charge in [0.05, 0.1) is 16.7 Å². The first-order valence-corrected chi connectivity index (χ1v) is 19.2. The van der Waals surface area contributed by atoms with Gasteiger partial charge < -0.3 is 9.47 Å². The average molecular weight is 715 g/mol. The first-order chi connectivity index (χ1) is 27.8. The minimum absolute atomic E-state index is 1.08. The van der Waals surface area contributed by atoms with Gasteiger partial charge in [-0.25, -0.2) is 0 Å². The molecule has 9 aromatic carbocycles. The number of anilines is 3. The summed E-state index contributed by atoms with van der Waals surface area (Å²) in [6, 6.07) is 83.1. The van der Waals surface area contributed by atoms with E-state index in [-0.39, 0.29) is 0 Å². The van der Waals surface area contributed by atoms with E-state index in [0.717, 1.165) is 28.3 Å². The van der Waals surface area contributed by atoms with Gasteiger partial charge >= 0.3 is 0 Å². The third kappa shape index (κ3) is 6.14. The Balaban J connectivity index is 1.12. The molecule has 0 spiro atoms. The van der Waals surface area contributed by atoms with E-state index in [1.54, 1.807) is 0 Å². The Morgan fingerprint density at radius 2 is 0.661 bits per heavy atom. The lowest BCUT2D eigenvalue weighted by atomic mass is 9.97. The van der Waals surface area contributed by atoms with Gasteiger partial charge in [-0.2, -0.15) is 0 Å². The van der Waals surface area contributed by atoms with Crippen LogP contribution in [0.2, 0.25) is 0 Å². The lowest BCUT2D eigenvalue weighted by Gasteiger charge is -2.27. The van der Waals surface area contributed by atoms with Crippen molar-refractivity contribution in [1.82, 2.24) is 4.57 Å². The van der Waals surface area contributed by atoms with Crippen LogP contribution in [0.4, 0.5) is 17.1 Å². The van der Waals surface area contributed by atoms with Crippen LogP contribution >= 0.6 is 0 Å². The molecule has 0 unspecified atom stereocenters. The largest absolute Gasteiger partial charge is 0.310 e. The fourth-order valence-electron chi connectivity index (χ4n) is 8.10. The van der Waals surface area contributed by atoms with Gasteiger partial charge in [-0.1, -0.05) is 170 Å². The molecule has 0 aliphatic heterocycles. The molecule has 1 heterocycles. The molecule has 0 aliphatic carbocycles. The van der Waals surface area contributed by atoms with E-state index in [9.17, 15) is 0 Å². The summed E-state index contributed by atoms with van der Waals surface area (Å²) >= 11 is 0. The van der Waals surface area contributed by atoms with Crippen molar-refractivity contribution in [2.45, 2.75) is 0 Å². The van der Waals surface area contributed by atoms with Gasteiger partial charge in [0, 0.05) is 33.4 Å². The molecular formula is C54H38N2. The maximum absolute atomic E-state index is 2.41. The van der Waals surface area contributed by atoms with Crippen molar-refractivity contribution in [3.05, 3.63) is 231 Å². The Bertz CT molecular complexity index is 2820. The second-order valence-electron chi connectivity index (χ2n) is 14.2. The SMILES string of the molecule is c1ccc(-c2ccc(N(c3ccc(-c4ccccc4-n4c5ccccc5c5ccccc54)cc3)c3cc(-c4ccccc4)cc(-c4ccccc4)c3)cc2)cc1. The zero-order chi connectivity index (χ0) is 37.3. The third-order valence-electron chi connectivity index (χ3n) is 10.8. The highest BCUT2D eigenvalue weighted by Crippen LogP contribution is 2.42. The Morgan fingerprint density at radius 3 is 1.18 bits per heavy atom. The summed E-state index contributed by atoms with van der Waals surface area (Å²) in [6.07, 6.45) is 0. The van der Waals surface area contributed by atoms with Crippen molar-refractivity contribution in [1.29, 1.82) is 0 Å². The van der Waals surface area contributed by atoms with Crippen LogP contribution in [0.25, 0.3) is 72.0 Å². The molecule has 1 aromatic heterocycles. The fraction of sp³-hybridized carbons (Fsp3) is 0. The van der Waals surface area contributed by atoms with Crippen molar-refractivity contribution >= 4 is 38.9 Å². The van der Waals surface area contributed by atoms with Crippen molar-refractivity contribution in [3.8, 4) is 50.2 Å². The molecule has 2 heteroatoms. The van der Waals surface area contributed by atoms with Crippen LogP contribution < -0.4 is 4.90 Å². The zero-order valence-electron chi connectivity index (χ0n) is 30.8. The summed E-state index contributed by atoms with van der Waals surface area (Å²) in [5.74, 6) is 0. The van der Waals surface area contributed by atoms with Gasteiger partial charge in [-0.05, 0) is 99.6 Å². The molecule has 56 heavy (non-hydrogen) atoms. The first-order valence-electron chi connectivity index (χ1n) is 19.2. The Kier molecular flexibility index (Phi) is 8.55. The Labute approximate surface area is 327 Å². The molecule has 2 nitrogen and oxygen atoms in total. The Morgan fingerprint density at radius 1 is 0.268 bits per heavy atom. The summed E-state index contributed by atoms with van der Waals surface area (Å²) in [4.78, 5) is 2.39. The molecule has 10 rings (SSSR count). The van der Waals surface area contributed by atoms with Gasteiger partial charge in [0.15, 0.2) is 0 Å². The predicted molar refractivity (Wildman–Crippen MR) is 237 cm³/mol. The summed E-state index contributed by atoms with van der Waals surface area (Å²) in [7, 11) is 0. The quantitative estimate of drug-likeness (QED) is 0.152. The minimum atomic E-state index is 1.08. The summed E-state index contributed by atoms with van der Waals surface area (Å²) in [6.45, 7) is 0. The van der Waals surface area contributed by atoms with Crippen molar-refractivity contribution in [3.63, 3.8) is 0 Å². The first kappa shape index (κ1) is 33.2. The number of hydrogen-bond acceptors (Lipinski definition) is 1. The molecule has 0 radical (unpaired) electrons. The number of fused-ring (bicyclic) bond motifs is 3. The number of nitrogens with zero attached hydrogens (tertiary/aromatic N) is 2. The van der Waals surface area contributed by atoms with Crippen LogP contribution in [0, 0.1) is 0 Å². The van der Waals surface area contributed by atoms with E-state index >= 15 is 0 Å². The maximum Gasteiger partial charge on any atom is 0.0541 e. The van der Waals surface area contributed by atoms with Crippen LogP contribution in [-0.2, 0) is 0 Å². The topological polar surface area (TPSA) is 8.17 Å². The van der Waals surface area contributed by atoms with Crippen LogP contribution in [-0.4, -0.2) is 4.57 Å². The van der Waals surface area contributed by atoms with Gasteiger partial charge in [-0.3, -0.25) is 0 Å². The van der Waals surface area contributed by atoms with E-state index in [2.05, 4.69) is 240 Å². The van der Waals surface area contributed by atoms with E-state index in [0.29, 0.717) is 0 Å². The molecule has 10 aromatic rings. The minimum Gasteiger partial charge on any atom is -0.310 e. The second kappa shape index (κ2) is 14.4. The summed E-state index contributed by atoms with van der Waals surface area (Å²) in [5.41, 5.74) is 16.3. The molecular weight excluding hydrogens is 677 g/mol. The number of benzene rings is 9. The third-order valence-corrected chi connectivity index (χ3v) is 10.8. The standard InChI is InChI=1S/C54H38N2/c1-4-16-39(17-5-1)42-28-32-46(33-29-42)55(48-37-44(40-18-6-2-7-19-40)36-45(38-48)41-20-8-3-9-21-41)47-34-30-43(31-35-47)49-22-10-13-25-52(49)56-53-26-14-11-23-50(53)51-24-12-15-27-54(51)56/h1-38H. The van der Waals surface area contributed by atoms with E-state index in [1.807, 2.05) is 0 Å². The number of para-hydroxylation sites is 3. The van der Waals surface area contributed by atoms with Crippen molar-refractivity contribution in [2.75, 3.05) is 4.90 Å². The molecule has 0 N–H and O–H groups in total. The van der Waals surface area contributed by atoms with Crippen LogP contribution in [0.5, 0.6) is 0 Å². The maximum atomic E-state index is 2.41. The normalized spacial score (nSPS) is 11.2. The molecule has 0 aliphatic rings. The highest BCUT2D eigenvalue weighted by atomic mass is 15.1. The molecule has 0 saturated carbocycles. The molecule has 0 atom stereocenters. The van der Waals surface area contributed by atoms with Gasteiger partial charge in [0.1, 0.15) is 0 Å². The summed E-state index contributed by atoms with van der Waals surface area (Å²) in [5, 5.41) is 2.52. The molecule has 0 saturated heterocycles. The van der Waals surface area contributed by atoms with Crippen LogP contribution in [0.15, 0.2) is 231 Å². The molecule has 0 fully saturated rings. The average Bonchev–Trinajstić information content (AvgIpc) is 3.62. The van der Waals surface area contributed by atoms with Gasteiger partial charge in [0.25, 0.3) is 0 Å². The van der Waals surface area contributed by atoms with Crippen LogP contribution in [0.1, 0.15) is 0 Å². The van der Waals surface area contributed by atoms with Crippen molar-refractivity contribution in [2.24, 2.45) is 0 Å². The smallest absolute Gasteiger partial charge is 0.0541 e. The number of hydrogen-bond donors (Lipinski definition) is 0. The zero-order valence-corrected chi connectivity index (χ0v) is 30.8. The lowest BCUT2D eigenvalue weighted by molar-refractivity contribution is 1.18. The van der Waals surface area contributed by atoms with Gasteiger partial charge in [-0.15, -0.1) is 0 Å². The van der Waals surface area contributed by atoms with E-state index < -0.39 is 0 Å². The lowest BCUT2D eigenvalue weighted by Crippen LogP contribution is -2.10. The molecule has 0 amide bonds. The summed E-state index contributed by atoms with van der Waals surface area (Å²) < 4.78 is 2.41. The van der Waals surface area contributed by atoms with E-state index in [1.165, 1.54) is 60.8 Å². The fourth-order valence-corrected chi connectivity index (χ4v) is 8.10. The van der Waals surface area contributed by atoms with Crippen LogP contribution in [0.3, 0.4) is 0 Å². The number of aromatic nitrogens is 1. The van der Waals surface area contributed by atoms with E-state index in [4.69, 9.17) is 0 Å². The highest BCUT2D eigenvalue weighted by Gasteiger charge is 2.18. The Hall–Kier alpha value is -7.42. The number of rotatable bonds is 8. The molecule has 264 valence electrons. The van der Waals surface area contributed by atoms with Gasteiger partial charge in [0.2, 0.25) is 0 Å². The molecule has 0 bridgehead atoms. The highest BCUT2D eigenvalue weighted by molar-refractivity contribution is 6.09. The van der Waals surface area contributed by atoms with Crippen molar-refractivity contribution < 1.29 is 0 Å². The monoisotopic (exact) mass is 714 g/mol. The predicted octanol–water partition coefficient (Wildman–Crippen LogP) is 14.9.